The van der Waals surface area contributed by atoms with E-state index in [4.69, 9.17) is 17.2 Å². The number of carbonyl (C=O) groups is 11. The number of hydrogen-bond donors (Lipinski definition) is 12. The molecule has 0 saturated carbocycles. The molecule has 0 radical (unpaired) electrons. The maximum absolute atomic E-state index is 14.5. The lowest BCUT2D eigenvalue weighted by molar-refractivity contribution is -0.142. The van der Waals surface area contributed by atoms with Crippen LogP contribution in [0.4, 0.5) is 0 Å². The maximum Gasteiger partial charge on any atom is 0.250 e. The van der Waals surface area contributed by atoms with Gasteiger partial charge in [0.2, 0.25) is 65.0 Å². The second-order valence-electron chi connectivity index (χ2n) is 17.3. The first-order chi connectivity index (χ1) is 32.5. The van der Waals surface area contributed by atoms with Crippen molar-refractivity contribution in [2.24, 2.45) is 29.0 Å². The summed E-state index contributed by atoms with van der Waals surface area (Å²) in [7, 11) is 1.84. The van der Waals surface area contributed by atoms with Crippen LogP contribution in [0.5, 0.6) is 5.75 Å². The van der Waals surface area contributed by atoms with Crippen molar-refractivity contribution in [2.75, 3.05) is 24.6 Å². The molecule has 1 aromatic carbocycles. The molecule has 0 aromatic heterocycles. The number of aliphatic hydroxyl groups excluding tert-OH is 1. The summed E-state index contributed by atoms with van der Waals surface area (Å²) in [4.78, 5) is 148. The van der Waals surface area contributed by atoms with E-state index < -0.39 is 145 Å². The fourth-order valence-electron chi connectivity index (χ4n) is 7.32. The van der Waals surface area contributed by atoms with Crippen LogP contribution in [-0.2, 0) is 59.2 Å². The SMILES string of the molecule is CC[C@H](C)C1NC(=O)[C@H](Cc2ccc(O)cc2)NC(=O)[C@@H](O)CSSC[C@@H](C(=O)N2CCC[C@H]2C(=O)N[C@@H](CC(C)C)C(=O)NCC(N)=O)NC(=O)[C@H](CC(N)=O)NC(=O)[C@H](CCC(N)=O)NC1=O. The topological polar surface area (TPSA) is 394 Å². The lowest BCUT2D eigenvalue weighted by Crippen LogP contribution is -2.61. The zero-order valence-electron chi connectivity index (χ0n) is 38.9. The highest BCUT2D eigenvalue weighted by molar-refractivity contribution is 8.76. The van der Waals surface area contributed by atoms with Crippen molar-refractivity contribution in [2.45, 2.75) is 127 Å². The third-order valence-electron chi connectivity index (χ3n) is 11.2. The van der Waals surface area contributed by atoms with Gasteiger partial charge in [0, 0.05) is 30.9 Å². The molecule has 2 saturated heterocycles. The van der Waals surface area contributed by atoms with E-state index in [9.17, 15) is 63.0 Å². The zero-order chi connectivity index (χ0) is 51.5. The molecular weight excluding hydrogens is 943 g/mol. The fourth-order valence-corrected chi connectivity index (χ4v) is 9.53. The van der Waals surface area contributed by atoms with Crippen LogP contribution < -0.4 is 54.4 Å². The molecule has 2 aliphatic rings. The molecule has 69 heavy (non-hydrogen) atoms. The van der Waals surface area contributed by atoms with Crippen molar-refractivity contribution in [3.8, 4) is 5.75 Å². The number of nitrogens with zero attached hydrogens (tertiary/aromatic N) is 1. The third-order valence-corrected chi connectivity index (χ3v) is 13.6. The fraction of sp³-hybridized carbons (Fsp3) is 0.605. The smallest absolute Gasteiger partial charge is 0.250 e. The average Bonchev–Trinajstić information content (AvgIpc) is 3.78. The predicted molar refractivity (Wildman–Crippen MR) is 252 cm³/mol. The quantitative estimate of drug-likeness (QED) is 0.0672. The number of primary amides is 3. The minimum atomic E-state index is -1.77. The van der Waals surface area contributed by atoms with Crippen molar-refractivity contribution < 1.29 is 63.0 Å². The normalized spacial score (nSPS) is 24.3. The van der Waals surface area contributed by atoms with Gasteiger partial charge in [-0.25, -0.2) is 0 Å². The van der Waals surface area contributed by atoms with E-state index >= 15 is 0 Å². The molecule has 24 nitrogen and oxygen atoms in total. The molecule has 26 heteroatoms. The van der Waals surface area contributed by atoms with E-state index in [2.05, 4.69) is 37.2 Å². The van der Waals surface area contributed by atoms with E-state index in [1.807, 2.05) is 0 Å². The van der Waals surface area contributed by atoms with Crippen molar-refractivity contribution in [1.29, 1.82) is 0 Å². The lowest BCUT2D eigenvalue weighted by Gasteiger charge is -2.31. The van der Waals surface area contributed by atoms with Gasteiger partial charge in [-0.15, -0.1) is 0 Å². The first-order valence-electron chi connectivity index (χ1n) is 22.5. The predicted octanol–water partition coefficient (Wildman–Crippen LogP) is -3.58. The zero-order valence-corrected chi connectivity index (χ0v) is 40.6. The molecular formula is C43H65N11O13S2. The number of aliphatic hydroxyl groups is 1. The van der Waals surface area contributed by atoms with Crippen LogP contribution in [0.2, 0.25) is 0 Å². The molecule has 0 bridgehead atoms. The van der Waals surface area contributed by atoms with Gasteiger partial charge in [0.1, 0.15) is 54.1 Å². The Bertz CT molecular complexity index is 2050. The monoisotopic (exact) mass is 1010 g/mol. The summed E-state index contributed by atoms with van der Waals surface area (Å²) in [5.41, 5.74) is 16.6. The van der Waals surface area contributed by atoms with Crippen LogP contribution in [0.1, 0.15) is 78.2 Å². The van der Waals surface area contributed by atoms with E-state index in [1.165, 1.54) is 29.2 Å². The second kappa shape index (κ2) is 27.7. The number of carbonyl (C=O) groups excluding carboxylic acids is 11. The second-order valence-corrected chi connectivity index (χ2v) is 19.9. The van der Waals surface area contributed by atoms with E-state index in [-0.39, 0.29) is 49.0 Å². The van der Waals surface area contributed by atoms with Gasteiger partial charge in [-0.05, 0) is 55.2 Å². The minimum absolute atomic E-state index is 0.0297. The number of phenolic OH excluding ortho intramolecular Hbond substituents is 1. The molecule has 11 amide bonds. The summed E-state index contributed by atoms with van der Waals surface area (Å²) in [6.07, 6.45) is -2.60. The number of benzene rings is 1. The Hall–Kier alpha value is -6.15. The Morgan fingerprint density at radius 3 is 2.00 bits per heavy atom. The van der Waals surface area contributed by atoms with E-state index in [1.54, 1.807) is 27.7 Å². The van der Waals surface area contributed by atoms with Crippen LogP contribution in [-0.4, -0.2) is 153 Å². The van der Waals surface area contributed by atoms with Crippen LogP contribution in [0.25, 0.3) is 0 Å². The molecule has 9 atom stereocenters. The van der Waals surface area contributed by atoms with Gasteiger partial charge in [-0.3, -0.25) is 52.7 Å². The number of aromatic hydroxyl groups is 1. The Balaban J connectivity index is 2.05. The first kappa shape index (κ1) is 57.2. The van der Waals surface area contributed by atoms with Gasteiger partial charge < -0.3 is 69.5 Å². The molecule has 1 unspecified atom stereocenters. The number of nitrogens with one attached hydrogen (secondary N) is 7. The van der Waals surface area contributed by atoms with Gasteiger partial charge >= 0.3 is 0 Å². The molecule has 2 aliphatic heterocycles. The van der Waals surface area contributed by atoms with Crippen molar-refractivity contribution in [1.82, 2.24) is 42.1 Å². The third kappa shape index (κ3) is 18.7. The number of hydrogen-bond acceptors (Lipinski definition) is 15. The van der Waals surface area contributed by atoms with E-state index in [0.29, 0.717) is 18.4 Å². The molecule has 0 spiro atoms. The number of amides is 11. The van der Waals surface area contributed by atoms with Gasteiger partial charge in [0.05, 0.1) is 13.0 Å². The molecule has 1 aromatic rings. The van der Waals surface area contributed by atoms with E-state index in [0.717, 1.165) is 21.6 Å². The Kier molecular flexibility index (Phi) is 23.0. The van der Waals surface area contributed by atoms with Crippen molar-refractivity contribution in [3.05, 3.63) is 29.8 Å². The Morgan fingerprint density at radius 2 is 1.39 bits per heavy atom. The van der Waals surface area contributed by atoms with Crippen LogP contribution in [0.15, 0.2) is 24.3 Å². The Morgan fingerprint density at radius 1 is 0.783 bits per heavy atom. The summed E-state index contributed by atoms with van der Waals surface area (Å²) in [6, 6.07) is -4.14. The Labute approximate surface area is 407 Å². The van der Waals surface area contributed by atoms with Crippen LogP contribution in [0, 0.1) is 11.8 Å². The highest BCUT2D eigenvalue weighted by Crippen LogP contribution is 2.26. The molecule has 3 rings (SSSR count). The average molecular weight is 1010 g/mol. The van der Waals surface area contributed by atoms with Gasteiger partial charge in [-0.2, -0.15) is 0 Å². The summed E-state index contributed by atoms with van der Waals surface area (Å²) >= 11 is 0. The summed E-state index contributed by atoms with van der Waals surface area (Å²) in [6.45, 7) is 6.52. The van der Waals surface area contributed by atoms with Crippen LogP contribution in [0.3, 0.4) is 0 Å². The number of rotatable bonds is 17. The minimum Gasteiger partial charge on any atom is -0.508 e. The van der Waals surface area contributed by atoms with Gasteiger partial charge in [-0.1, -0.05) is 67.8 Å². The lowest BCUT2D eigenvalue weighted by atomic mass is 9.96. The van der Waals surface area contributed by atoms with Crippen molar-refractivity contribution >= 4 is 86.6 Å². The highest BCUT2D eigenvalue weighted by Gasteiger charge is 2.41. The largest absolute Gasteiger partial charge is 0.508 e. The standard InChI is InChI=1S/C43H65N11O13S2/c1-5-22(4)35-42(66)48-25(12-13-32(44)57)37(61)49-28(17-33(45)58)38(62)52-29(19-68-69-20-31(56)41(65)51-27(39(63)53-35)16-23-8-10-24(55)11-9-23)43(67)54-14-6-7-30(54)40(64)50-26(15-21(2)3)36(60)47-18-34(46)59/h8-11,21-22,25-31,35,55-56H,5-7,12-20H2,1-4H3,(H2,44,57)(H2,45,58)(H2,46,59)(H,47,60)(H,48,66)(H,49,61)(H,50,64)(H,51,65)(H,52,62)(H,53,63)/t22-,25-,26-,27-,28-,29-,30-,31-,35?/m0/s1. The molecule has 2 heterocycles. The molecule has 382 valence electrons. The number of nitrogens with two attached hydrogens (primary N) is 3. The maximum atomic E-state index is 14.5. The highest BCUT2D eigenvalue weighted by atomic mass is 33.1. The first-order valence-corrected chi connectivity index (χ1v) is 25.0. The summed E-state index contributed by atoms with van der Waals surface area (Å²) < 4.78 is 0. The van der Waals surface area contributed by atoms with Gasteiger partial charge in [0.15, 0.2) is 0 Å². The summed E-state index contributed by atoms with van der Waals surface area (Å²) in [5, 5.41) is 38.4. The molecule has 2 fully saturated rings. The molecule has 15 N–H and O–H groups in total. The molecule has 0 aliphatic carbocycles. The van der Waals surface area contributed by atoms with Gasteiger partial charge in [0.25, 0.3) is 0 Å². The van der Waals surface area contributed by atoms with Crippen molar-refractivity contribution in [3.63, 3.8) is 0 Å². The summed E-state index contributed by atoms with van der Waals surface area (Å²) in [5.74, 6) is -11.2. The number of likely N-dealkylation sites (tertiary alicyclic amines) is 1. The van der Waals surface area contributed by atoms with Crippen LogP contribution >= 0.6 is 21.6 Å². The number of phenols is 1.